The third-order valence-electron chi connectivity index (χ3n) is 6.78. The minimum Gasteiger partial charge on any atom is -0.462 e. The molecule has 5 rings (SSSR count). The van der Waals surface area contributed by atoms with E-state index in [1.807, 2.05) is 44.2 Å². The summed E-state index contributed by atoms with van der Waals surface area (Å²) >= 11 is 7.37. The third kappa shape index (κ3) is 5.54. The van der Waals surface area contributed by atoms with Gasteiger partial charge in [-0.2, -0.15) is 0 Å². The van der Waals surface area contributed by atoms with Gasteiger partial charge in [-0.1, -0.05) is 72.8 Å². The summed E-state index contributed by atoms with van der Waals surface area (Å²) in [4.78, 5) is 18.8. The van der Waals surface area contributed by atoms with Crippen LogP contribution < -0.4 is 5.32 Å². The lowest BCUT2D eigenvalue weighted by Gasteiger charge is -2.36. The number of carbonyl (C=O) groups is 1. The molecule has 0 bridgehead atoms. The van der Waals surface area contributed by atoms with Crippen LogP contribution in [-0.2, 0) is 11.3 Å². The van der Waals surface area contributed by atoms with E-state index in [2.05, 4.69) is 57.6 Å². The van der Waals surface area contributed by atoms with Gasteiger partial charge in [-0.05, 0) is 48.0 Å². The monoisotopic (exact) mass is 529 g/mol. The summed E-state index contributed by atoms with van der Waals surface area (Å²) in [5.74, 6) is -0.323. The second kappa shape index (κ2) is 11.4. The number of hydrogen-bond donors (Lipinski definition) is 1. The van der Waals surface area contributed by atoms with Crippen molar-refractivity contribution in [1.29, 1.82) is 0 Å². The predicted octanol–water partition coefficient (Wildman–Crippen LogP) is 6.57. The molecule has 5 nitrogen and oxygen atoms in total. The SMILES string of the molecule is CCOC(=O)c1c(NC(=S)N2CCN(Cc3cccc4ccccc34)CC2)sc(C)c1-c1ccccc1. The van der Waals surface area contributed by atoms with Gasteiger partial charge in [-0.3, -0.25) is 4.90 Å². The molecule has 1 aliphatic rings. The maximum atomic E-state index is 13.0. The van der Waals surface area contributed by atoms with Gasteiger partial charge in [0, 0.05) is 43.2 Å². The number of thiophene rings is 1. The van der Waals surface area contributed by atoms with Crippen LogP contribution in [0.5, 0.6) is 0 Å². The lowest BCUT2D eigenvalue weighted by molar-refractivity contribution is 0.0529. The number of benzene rings is 3. The Morgan fingerprint density at radius 1 is 0.973 bits per heavy atom. The summed E-state index contributed by atoms with van der Waals surface area (Å²) in [6.07, 6.45) is 0. The molecule has 0 aliphatic carbocycles. The van der Waals surface area contributed by atoms with Gasteiger partial charge in [0.05, 0.1) is 6.61 Å². The van der Waals surface area contributed by atoms with Crippen LogP contribution >= 0.6 is 23.6 Å². The Morgan fingerprint density at radius 3 is 2.43 bits per heavy atom. The topological polar surface area (TPSA) is 44.8 Å². The highest BCUT2D eigenvalue weighted by Gasteiger charge is 2.26. The number of piperazine rings is 1. The smallest absolute Gasteiger partial charge is 0.341 e. The number of rotatable bonds is 6. The fourth-order valence-corrected chi connectivity index (χ4v) is 6.35. The molecule has 1 aliphatic heterocycles. The molecule has 0 saturated carbocycles. The zero-order valence-corrected chi connectivity index (χ0v) is 22.8. The molecule has 190 valence electrons. The maximum Gasteiger partial charge on any atom is 0.341 e. The molecule has 0 radical (unpaired) electrons. The van der Waals surface area contributed by atoms with Crippen molar-refractivity contribution in [1.82, 2.24) is 9.80 Å². The summed E-state index contributed by atoms with van der Waals surface area (Å²) in [6.45, 7) is 8.63. The van der Waals surface area contributed by atoms with E-state index in [1.54, 1.807) is 11.3 Å². The molecule has 7 heteroatoms. The lowest BCUT2D eigenvalue weighted by atomic mass is 10.0. The number of fused-ring (bicyclic) bond motifs is 1. The van der Waals surface area contributed by atoms with Crippen molar-refractivity contribution in [2.45, 2.75) is 20.4 Å². The van der Waals surface area contributed by atoms with Gasteiger partial charge in [0.15, 0.2) is 5.11 Å². The molecule has 0 unspecified atom stereocenters. The molecule has 3 aromatic carbocycles. The molecule has 37 heavy (non-hydrogen) atoms. The van der Waals surface area contributed by atoms with E-state index in [1.165, 1.54) is 16.3 Å². The van der Waals surface area contributed by atoms with Gasteiger partial charge in [-0.25, -0.2) is 4.79 Å². The van der Waals surface area contributed by atoms with Crippen molar-refractivity contribution in [3.63, 3.8) is 0 Å². The van der Waals surface area contributed by atoms with E-state index in [-0.39, 0.29) is 5.97 Å². The molecule has 1 saturated heterocycles. The number of hydrogen-bond acceptors (Lipinski definition) is 5. The molecular formula is C30H31N3O2S2. The standard InChI is InChI=1S/C30H31N3O2S2/c1-3-35-29(34)27-26(23-11-5-4-6-12-23)21(2)37-28(27)31-30(36)33-18-16-32(17-19-33)20-24-14-9-13-22-10-7-8-15-25(22)24/h4-15H,3,16-20H2,1-2H3,(H,31,36). The van der Waals surface area contributed by atoms with Crippen molar-refractivity contribution < 1.29 is 9.53 Å². The van der Waals surface area contributed by atoms with E-state index < -0.39 is 0 Å². The normalized spacial score (nSPS) is 14.1. The fourth-order valence-electron chi connectivity index (χ4n) is 4.94. The molecule has 0 amide bonds. The number of esters is 1. The first-order chi connectivity index (χ1) is 18.0. The minimum absolute atomic E-state index is 0.323. The first kappa shape index (κ1) is 25.4. The number of aryl methyl sites for hydroxylation is 1. The molecule has 2 heterocycles. The zero-order valence-electron chi connectivity index (χ0n) is 21.2. The Morgan fingerprint density at radius 2 is 1.68 bits per heavy atom. The molecule has 1 N–H and O–H groups in total. The Balaban J connectivity index is 1.28. The predicted molar refractivity (Wildman–Crippen MR) is 157 cm³/mol. The summed E-state index contributed by atoms with van der Waals surface area (Å²) in [6, 6.07) is 25.1. The maximum absolute atomic E-state index is 13.0. The first-order valence-corrected chi connectivity index (χ1v) is 13.9. The number of nitrogens with zero attached hydrogens (tertiary/aromatic N) is 2. The number of ether oxygens (including phenoxy) is 1. The highest BCUT2D eigenvalue weighted by Crippen LogP contribution is 2.40. The molecular weight excluding hydrogens is 498 g/mol. The quantitative estimate of drug-likeness (QED) is 0.225. The van der Waals surface area contributed by atoms with E-state index in [0.717, 1.165) is 53.7 Å². The van der Waals surface area contributed by atoms with Gasteiger partial charge in [0.2, 0.25) is 0 Å². The van der Waals surface area contributed by atoms with Gasteiger partial charge in [0.1, 0.15) is 10.6 Å². The molecule has 0 spiro atoms. The van der Waals surface area contributed by atoms with E-state index in [0.29, 0.717) is 17.3 Å². The van der Waals surface area contributed by atoms with E-state index >= 15 is 0 Å². The Labute approximate surface area is 227 Å². The van der Waals surface area contributed by atoms with Crippen LogP contribution in [0.1, 0.15) is 27.7 Å². The minimum atomic E-state index is -0.323. The van der Waals surface area contributed by atoms with E-state index in [4.69, 9.17) is 17.0 Å². The third-order valence-corrected chi connectivity index (χ3v) is 8.16. The van der Waals surface area contributed by atoms with Gasteiger partial charge in [0.25, 0.3) is 0 Å². The van der Waals surface area contributed by atoms with Crippen LogP contribution in [0.2, 0.25) is 0 Å². The van der Waals surface area contributed by atoms with Crippen LogP contribution in [0.25, 0.3) is 21.9 Å². The molecule has 1 fully saturated rings. The second-order valence-electron chi connectivity index (χ2n) is 9.16. The fraction of sp³-hybridized carbons (Fsp3) is 0.267. The van der Waals surface area contributed by atoms with Crippen molar-refractivity contribution >= 4 is 50.4 Å². The molecule has 0 atom stereocenters. The Bertz CT molecular complexity index is 1400. The highest BCUT2D eigenvalue weighted by molar-refractivity contribution is 7.80. The van der Waals surface area contributed by atoms with E-state index in [9.17, 15) is 4.79 Å². The van der Waals surface area contributed by atoms with Crippen LogP contribution in [0, 0.1) is 6.92 Å². The lowest BCUT2D eigenvalue weighted by Crippen LogP contribution is -2.49. The van der Waals surface area contributed by atoms with Gasteiger partial charge in [-0.15, -0.1) is 11.3 Å². The Hall–Kier alpha value is -3.26. The molecule has 4 aromatic rings. The largest absolute Gasteiger partial charge is 0.462 e. The first-order valence-electron chi connectivity index (χ1n) is 12.7. The number of carbonyl (C=O) groups excluding carboxylic acids is 1. The highest BCUT2D eigenvalue weighted by atomic mass is 32.1. The van der Waals surface area contributed by atoms with Crippen molar-refractivity contribution in [2.24, 2.45) is 0 Å². The average molecular weight is 530 g/mol. The zero-order chi connectivity index (χ0) is 25.8. The number of nitrogens with one attached hydrogen (secondary N) is 1. The second-order valence-corrected chi connectivity index (χ2v) is 10.8. The summed E-state index contributed by atoms with van der Waals surface area (Å²) in [7, 11) is 0. The summed E-state index contributed by atoms with van der Waals surface area (Å²) in [5.41, 5.74) is 3.83. The van der Waals surface area contributed by atoms with Gasteiger partial charge < -0.3 is 15.0 Å². The number of anilines is 1. The summed E-state index contributed by atoms with van der Waals surface area (Å²) < 4.78 is 5.44. The Kier molecular flexibility index (Phi) is 7.84. The van der Waals surface area contributed by atoms with Crippen molar-refractivity contribution in [2.75, 3.05) is 38.1 Å². The summed E-state index contributed by atoms with van der Waals surface area (Å²) in [5, 5.41) is 7.39. The average Bonchev–Trinajstić information content (AvgIpc) is 3.25. The van der Waals surface area contributed by atoms with Crippen molar-refractivity contribution in [3.8, 4) is 11.1 Å². The van der Waals surface area contributed by atoms with Crippen LogP contribution in [-0.4, -0.2) is 53.7 Å². The molecule has 1 aromatic heterocycles. The van der Waals surface area contributed by atoms with Crippen molar-refractivity contribution in [3.05, 3.63) is 88.8 Å². The van der Waals surface area contributed by atoms with Crippen LogP contribution in [0.3, 0.4) is 0 Å². The van der Waals surface area contributed by atoms with Crippen LogP contribution in [0.15, 0.2) is 72.8 Å². The number of thiocarbonyl (C=S) groups is 1. The van der Waals surface area contributed by atoms with Gasteiger partial charge >= 0.3 is 5.97 Å². The van der Waals surface area contributed by atoms with Crippen LogP contribution in [0.4, 0.5) is 5.00 Å².